The summed E-state index contributed by atoms with van der Waals surface area (Å²) in [6.07, 6.45) is -31.4. The summed E-state index contributed by atoms with van der Waals surface area (Å²) in [6, 6.07) is 35.0. The van der Waals surface area contributed by atoms with Gasteiger partial charge in [0.25, 0.3) is 0 Å². The van der Waals surface area contributed by atoms with Crippen molar-refractivity contribution in [2.45, 2.75) is 64.8 Å². The van der Waals surface area contributed by atoms with Gasteiger partial charge < -0.3 is 9.13 Å². The highest BCUT2D eigenvalue weighted by Crippen LogP contribution is 2.50. The summed E-state index contributed by atoms with van der Waals surface area (Å²) in [5.41, 5.74) is -10.9. The first-order chi connectivity index (χ1) is 43.0. The summed E-state index contributed by atoms with van der Waals surface area (Å²) >= 11 is 0. The van der Waals surface area contributed by atoms with Gasteiger partial charge in [-0.25, -0.2) is 0 Å². The quantitative estimate of drug-likeness (QED) is 0.146. The molecule has 0 N–H and O–H groups in total. The highest BCUT2D eigenvalue weighted by molar-refractivity contribution is 6.13. The summed E-state index contributed by atoms with van der Waals surface area (Å²) in [7, 11) is 0. The number of benzene rings is 10. The minimum atomic E-state index is -5.43. The molecule has 0 aliphatic carbocycles. The SMILES string of the molecule is Cc1ccc(-c2ccc3c4ccc(-c5ccc(C(F)(F)F)cc5C(F)(F)F)cc4n(-c4cc(-c5c(C)cccc5C(F)(F)F)cc(-n5c6cc(-c7ccc(C)cc7C(F)(F)F)ccc6c6ccc(-c7ccc(C(F)(F)F)cc7C(F)(F)F)cc65)c4C#N)c3c2)c(C)c1. The van der Waals surface area contributed by atoms with Crippen LogP contribution in [0.4, 0.5) is 79.0 Å². The average molecular weight is 1280 g/mol. The predicted molar refractivity (Wildman–Crippen MR) is 316 cm³/mol. The summed E-state index contributed by atoms with van der Waals surface area (Å²) in [4.78, 5) is 0. The van der Waals surface area contributed by atoms with Gasteiger partial charge in [0, 0.05) is 21.5 Å². The number of rotatable bonds is 7. The highest BCUT2D eigenvalue weighted by Gasteiger charge is 2.42. The van der Waals surface area contributed by atoms with E-state index >= 15 is 52.7 Å². The second-order valence-electron chi connectivity index (χ2n) is 22.5. The van der Waals surface area contributed by atoms with Crippen molar-refractivity contribution in [1.82, 2.24) is 9.13 Å². The molecule has 2 heterocycles. The van der Waals surface area contributed by atoms with E-state index in [2.05, 4.69) is 6.07 Å². The lowest BCUT2D eigenvalue weighted by molar-refractivity contribution is -0.144. The largest absolute Gasteiger partial charge is 0.417 e. The zero-order chi connectivity index (χ0) is 66.3. The maximum absolute atomic E-state index is 15.6. The highest BCUT2D eigenvalue weighted by atomic mass is 19.4. The van der Waals surface area contributed by atoms with Gasteiger partial charge in [-0.05, 0) is 167 Å². The minimum Gasteiger partial charge on any atom is -0.308 e. The molecule has 0 bridgehead atoms. The fourth-order valence-electron chi connectivity index (χ4n) is 12.4. The van der Waals surface area contributed by atoms with E-state index < -0.39 is 92.7 Å². The van der Waals surface area contributed by atoms with Gasteiger partial charge >= 0.3 is 37.1 Å². The Bertz CT molecular complexity index is 5080. The zero-order valence-corrected chi connectivity index (χ0v) is 47.9. The van der Waals surface area contributed by atoms with Gasteiger partial charge in [0.2, 0.25) is 0 Å². The van der Waals surface area contributed by atoms with Crippen LogP contribution in [0.1, 0.15) is 61.2 Å². The van der Waals surface area contributed by atoms with Crippen LogP contribution in [0.5, 0.6) is 0 Å². The van der Waals surface area contributed by atoms with E-state index in [-0.39, 0.29) is 101 Å². The number of hydrogen-bond acceptors (Lipinski definition) is 1. The number of hydrogen-bond donors (Lipinski definition) is 0. The maximum atomic E-state index is 15.6. The normalized spacial score (nSPS) is 12.9. The van der Waals surface area contributed by atoms with Crippen molar-refractivity contribution in [2.75, 3.05) is 0 Å². The predicted octanol–water partition coefficient (Wildman–Crippen LogP) is 23.4. The standard InChI is InChI=1S/C71H41F18N3/c1-35-8-16-46(38(4)24-35)39-10-18-50-51-20-12-41(48-22-14-44(66(72,73)74)32-57(48)70(84,85)86)28-61(51)91(59(50)26-39)63-30-43(65-37(3)6-5-7-55(65)68(78,79)80)31-64(54(63)34-90)92-60-27-40(47-17-9-36(2)25-56(47)69(81,82)83)11-19-52(60)53-21-13-42(29-62(53)92)49-23-15-45(67(75,76)77)33-58(49)71(87,88)89/h5-33H,1-4H3. The molecule has 0 atom stereocenters. The third kappa shape index (κ3) is 10.9. The minimum absolute atomic E-state index is 0.0158. The maximum Gasteiger partial charge on any atom is 0.417 e. The van der Waals surface area contributed by atoms with Gasteiger partial charge in [0.15, 0.2) is 0 Å². The molecule has 0 amide bonds. The number of halogens is 18. The van der Waals surface area contributed by atoms with Crippen molar-refractivity contribution in [2.24, 2.45) is 0 Å². The molecule has 21 heteroatoms. The van der Waals surface area contributed by atoms with Crippen LogP contribution in [0.2, 0.25) is 0 Å². The molecule has 0 radical (unpaired) electrons. The molecule has 0 saturated carbocycles. The molecule has 0 saturated heterocycles. The number of aromatic nitrogens is 2. The van der Waals surface area contributed by atoms with Gasteiger partial charge in [0.1, 0.15) is 11.6 Å². The fourth-order valence-corrected chi connectivity index (χ4v) is 12.4. The molecule has 12 aromatic rings. The zero-order valence-electron chi connectivity index (χ0n) is 47.9. The third-order valence-electron chi connectivity index (χ3n) is 16.5. The van der Waals surface area contributed by atoms with Gasteiger partial charge in [-0.15, -0.1) is 0 Å². The number of nitriles is 1. The second kappa shape index (κ2) is 21.6. The Kier molecular flexibility index (Phi) is 14.6. The molecular weight excluding hydrogens is 1240 g/mol. The second-order valence-corrected chi connectivity index (χ2v) is 22.5. The van der Waals surface area contributed by atoms with Crippen molar-refractivity contribution in [3.63, 3.8) is 0 Å². The van der Waals surface area contributed by atoms with E-state index in [1.165, 1.54) is 89.7 Å². The number of fused-ring (bicyclic) bond motifs is 6. The summed E-state index contributed by atoms with van der Waals surface area (Å²) in [6.45, 7) is 6.42. The van der Waals surface area contributed by atoms with Crippen LogP contribution in [0, 0.1) is 39.0 Å². The lowest BCUT2D eigenvalue weighted by atomic mass is 9.92. The average Bonchev–Trinajstić information content (AvgIpc) is 1.52. The lowest BCUT2D eigenvalue weighted by Crippen LogP contribution is -2.12. The van der Waals surface area contributed by atoms with Gasteiger partial charge in [-0.2, -0.15) is 84.3 Å². The van der Waals surface area contributed by atoms with Crippen LogP contribution in [-0.2, 0) is 37.1 Å². The monoisotopic (exact) mass is 1280 g/mol. The van der Waals surface area contributed by atoms with Gasteiger partial charge in [-0.1, -0.05) is 114 Å². The van der Waals surface area contributed by atoms with Gasteiger partial charge in [-0.3, -0.25) is 0 Å². The molecule has 0 aliphatic heterocycles. The van der Waals surface area contributed by atoms with Gasteiger partial charge in [0.05, 0.1) is 66.8 Å². The molecule has 0 spiro atoms. The van der Waals surface area contributed by atoms with Crippen LogP contribution in [-0.4, -0.2) is 9.13 Å². The first kappa shape index (κ1) is 62.2. The Morgan fingerprint density at radius 2 is 0.652 bits per heavy atom. The first-order valence-electron chi connectivity index (χ1n) is 27.8. The third-order valence-corrected chi connectivity index (χ3v) is 16.5. The Morgan fingerprint density at radius 3 is 1.01 bits per heavy atom. The number of alkyl halides is 18. The number of aryl methyl sites for hydroxylation is 4. The van der Waals surface area contributed by atoms with Crippen molar-refractivity contribution in [3.05, 3.63) is 237 Å². The number of nitrogens with zero attached hydrogens (tertiary/aromatic N) is 3. The fraction of sp³-hybridized carbons (Fsp3) is 0.141. The Balaban J connectivity index is 1.28. The van der Waals surface area contributed by atoms with Crippen molar-refractivity contribution in [1.29, 1.82) is 5.26 Å². The Morgan fingerprint density at radius 1 is 0.304 bits per heavy atom. The molecule has 0 unspecified atom stereocenters. The summed E-state index contributed by atoms with van der Waals surface area (Å²) in [5, 5.41) is 12.8. The van der Waals surface area contributed by atoms with E-state index in [1.807, 2.05) is 26.0 Å². The molecular formula is C71H41F18N3. The molecule has 0 aliphatic rings. The summed E-state index contributed by atoms with van der Waals surface area (Å²) in [5.74, 6) is 0. The molecule has 0 fully saturated rings. The molecule has 12 rings (SSSR count). The lowest BCUT2D eigenvalue weighted by Gasteiger charge is -2.22. The van der Waals surface area contributed by atoms with E-state index in [4.69, 9.17) is 0 Å². The van der Waals surface area contributed by atoms with Crippen LogP contribution < -0.4 is 0 Å². The Hall–Kier alpha value is -9.97. The molecule has 3 nitrogen and oxygen atoms in total. The van der Waals surface area contributed by atoms with Crippen molar-refractivity contribution in [3.8, 4) is 73.1 Å². The van der Waals surface area contributed by atoms with Crippen LogP contribution in [0.15, 0.2) is 176 Å². The molecule has 10 aromatic carbocycles. The topological polar surface area (TPSA) is 33.6 Å². The molecule has 92 heavy (non-hydrogen) atoms. The van der Waals surface area contributed by atoms with E-state index in [0.29, 0.717) is 40.8 Å². The van der Waals surface area contributed by atoms with Crippen molar-refractivity contribution < 1.29 is 79.0 Å². The van der Waals surface area contributed by atoms with E-state index in [9.17, 15) is 31.6 Å². The van der Waals surface area contributed by atoms with Crippen LogP contribution >= 0.6 is 0 Å². The van der Waals surface area contributed by atoms with Crippen molar-refractivity contribution >= 4 is 43.6 Å². The van der Waals surface area contributed by atoms with E-state index in [1.54, 1.807) is 24.3 Å². The van der Waals surface area contributed by atoms with Crippen LogP contribution in [0.3, 0.4) is 0 Å². The summed E-state index contributed by atoms with van der Waals surface area (Å²) < 4.78 is 270. The smallest absolute Gasteiger partial charge is 0.308 e. The Labute approximate surface area is 510 Å². The molecule has 2 aromatic heterocycles. The molecule has 466 valence electrons. The van der Waals surface area contributed by atoms with E-state index in [0.717, 1.165) is 47.5 Å². The first-order valence-corrected chi connectivity index (χ1v) is 27.8. The van der Waals surface area contributed by atoms with Crippen LogP contribution in [0.25, 0.3) is 111 Å².